The quantitative estimate of drug-likeness (QED) is 0.927. The Morgan fingerprint density at radius 1 is 1.35 bits per heavy atom. The van der Waals surface area contributed by atoms with Crippen molar-refractivity contribution in [1.29, 1.82) is 0 Å². The van der Waals surface area contributed by atoms with Gasteiger partial charge in [-0.25, -0.2) is 9.37 Å². The highest BCUT2D eigenvalue weighted by Gasteiger charge is 2.13. The number of anilines is 1. The zero-order valence-corrected chi connectivity index (χ0v) is 10.1. The van der Waals surface area contributed by atoms with Crippen LogP contribution < -0.4 is 5.32 Å². The number of carbonyl (C=O) groups is 1. The molecule has 4 nitrogen and oxygen atoms in total. The summed E-state index contributed by atoms with van der Waals surface area (Å²) in [6.07, 6.45) is 4.36. The fraction of sp³-hybridized carbons (Fsp3) is 0. The molecule has 0 aliphatic carbocycles. The van der Waals surface area contributed by atoms with Crippen molar-refractivity contribution in [3.63, 3.8) is 0 Å². The van der Waals surface area contributed by atoms with Gasteiger partial charge in [0.2, 0.25) is 0 Å². The molecule has 1 heterocycles. The van der Waals surface area contributed by atoms with Crippen molar-refractivity contribution in [2.45, 2.75) is 0 Å². The van der Waals surface area contributed by atoms with E-state index in [-0.39, 0.29) is 10.0 Å². The maximum Gasteiger partial charge on any atom is 0.258 e. The summed E-state index contributed by atoms with van der Waals surface area (Å²) in [5.74, 6) is -0.623. The highest BCUT2D eigenvalue weighted by Crippen LogP contribution is 2.21. The minimum atomic E-state index is -0.489. The van der Waals surface area contributed by atoms with E-state index in [0.717, 1.165) is 0 Å². The summed E-state index contributed by atoms with van der Waals surface area (Å²) in [7, 11) is 0. The molecule has 0 spiro atoms. The van der Waals surface area contributed by atoms with Gasteiger partial charge in [0.25, 0.3) is 5.91 Å². The van der Waals surface area contributed by atoms with Crippen LogP contribution in [0.4, 0.5) is 10.2 Å². The van der Waals surface area contributed by atoms with Crippen LogP contribution in [-0.2, 0) is 0 Å². The molecule has 1 N–H and O–H groups in total. The smallest absolute Gasteiger partial charge is 0.258 e. The monoisotopic (exact) mass is 295 g/mol. The predicted octanol–water partition coefficient (Wildman–Crippen LogP) is 2.63. The summed E-state index contributed by atoms with van der Waals surface area (Å²) in [5, 5.41) is 2.52. The van der Waals surface area contributed by atoms with Crippen molar-refractivity contribution in [3.05, 3.63) is 52.6 Å². The molecular weight excluding hydrogens is 289 g/mol. The molecule has 0 aliphatic rings. The Labute approximate surface area is 105 Å². The van der Waals surface area contributed by atoms with Gasteiger partial charge in [-0.2, -0.15) is 0 Å². The van der Waals surface area contributed by atoms with E-state index in [2.05, 4.69) is 31.2 Å². The van der Waals surface area contributed by atoms with Crippen molar-refractivity contribution in [1.82, 2.24) is 9.97 Å². The number of rotatable bonds is 2. The number of carbonyl (C=O) groups excluding carboxylic acids is 1. The van der Waals surface area contributed by atoms with Crippen molar-refractivity contribution in [3.8, 4) is 0 Å². The molecule has 0 unspecified atom stereocenters. The molecule has 17 heavy (non-hydrogen) atoms. The van der Waals surface area contributed by atoms with Gasteiger partial charge in [-0.3, -0.25) is 9.78 Å². The predicted molar refractivity (Wildman–Crippen MR) is 64.1 cm³/mol. The van der Waals surface area contributed by atoms with Crippen LogP contribution in [-0.4, -0.2) is 15.9 Å². The van der Waals surface area contributed by atoms with Gasteiger partial charge in [0.15, 0.2) is 5.82 Å². The molecule has 0 aliphatic heterocycles. The third-order valence-electron chi connectivity index (χ3n) is 2.00. The highest BCUT2D eigenvalue weighted by molar-refractivity contribution is 9.10. The zero-order chi connectivity index (χ0) is 12.3. The molecule has 0 radical (unpaired) electrons. The number of amides is 1. The van der Waals surface area contributed by atoms with Crippen LogP contribution >= 0.6 is 15.9 Å². The molecule has 6 heteroatoms. The third-order valence-corrected chi connectivity index (χ3v) is 2.81. The SMILES string of the molecule is O=C(Nc1cnccn1)c1cccc(F)c1Br. The minimum absolute atomic E-state index is 0.126. The zero-order valence-electron chi connectivity index (χ0n) is 8.52. The van der Waals surface area contributed by atoms with E-state index in [1.54, 1.807) is 0 Å². The van der Waals surface area contributed by atoms with E-state index >= 15 is 0 Å². The first kappa shape index (κ1) is 11.7. The molecule has 1 aromatic heterocycles. The van der Waals surface area contributed by atoms with Crippen LogP contribution in [0.5, 0.6) is 0 Å². The first-order valence-electron chi connectivity index (χ1n) is 4.70. The molecule has 0 bridgehead atoms. The van der Waals surface area contributed by atoms with Gasteiger partial charge in [0.05, 0.1) is 16.2 Å². The molecular formula is C11H7BrFN3O. The number of hydrogen-bond donors (Lipinski definition) is 1. The van der Waals surface area contributed by atoms with Gasteiger partial charge in [-0.1, -0.05) is 6.07 Å². The summed E-state index contributed by atoms with van der Waals surface area (Å²) in [6, 6.07) is 4.24. The second-order valence-corrected chi connectivity index (χ2v) is 3.94. The largest absolute Gasteiger partial charge is 0.305 e. The van der Waals surface area contributed by atoms with E-state index in [4.69, 9.17) is 0 Å². The Bertz CT molecular complexity index is 548. The molecule has 2 rings (SSSR count). The lowest BCUT2D eigenvalue weighted by Crippen LogP contribution is -2.14. The maximum absolute atomic E-state index is 13.2. The van der Waals surface area contributed by atoms with Crippen molar-refractivity contribution in [2.75, 3.05) is 5.32 Å². The normalized spacial score (nSPS) is 10.0. The van der Waals surface area contributed by atoms with E-state index in [9.17, 15) is 9.18 Å². The minimum Gasteiger partial charge on any atom is -0.305 e. The van der Waals surface area contributed by atoms with Gasteiger partial charge in [0, 0.05) is 12.4 Å². The summed E-state index contributed by atoms with van der Waals surface area (Å²) in [4.78, 5) is 19.5. The molecule has 1 aromatic carbocycles. The van der Waals surface area contributed by atoms with Gasteiger partial charge < -0.3 is 5.32 Å². The standard InChI is InChI=1S/C11H7BrFN3O/c12-10-7(2-1-3-8(10)13)11(17)16-9-6-14-4-5-15-9/h1-6H,(H,15,16,17). The molecule has 86 valence electrons. The third kappa shape index (κ3) is 2.65. The first-order valence-corrected chi connectivity index (χ1v) is 5.49. The number of hydrogen-bond acceptors (Lipinski definition) is 3. The lowest BCUT2D eigenvalue weighted by molar-refractivity contribution is 0.102. The van der Waals surface area contributed by atoms with E-state index in [1.807, 2.05) is 0 Å². The van der Waals surface area contributed by atoms with Crippen LogP contribution in [0, 0.1) is 5.82 Å². The number of nitrogens with one attached hydrogen (secondary N) is 1. The molecule has 0 atom stereocenters. The summed E-state index contributed by atoms with van der Waals surface area (Å²) < 4.78 is 13.3. The molecule has 0 saturated carbocycles. The Morgan fingerprint density at radius 3 is 2.88 bits per heavy atom. The van der Waals surface area contributed by atoms with Crippen LogP contribution in [0.2, 0.25) is 0 Å². The fourth-order valence-electron chi connectivity index (χ4n) is 1.23. The van der Waals surface area contributed by atoms with Crippen LogP contribution in [0.1, 0.15) is 10.4 Å². The van der Waals surface area contributed by atoms with Crippen LogP contribution in [0.25, 0.3) is 0 Å². The van der Waals surface area contributed by atoms with E-state index < -0.39 is 11.7 Å². The van der Waals surface area contributed by atoms with E-state index in [0.29, 0.717) is 5.82 Å². The number of aromatic nitrogens is 2. The first-order chi connectivity index (χ1) is 8.18. The number of nitrogens with zero attached hydrogens (tertiary/aromatic N) is 2. The number of halogens is 2. The van der Waals surface area contributed by atoms with Gasteiger partial charge in [-0.05, 0) is 28.1 Å². The lowest BCUT2D eigenvalue weighted by atomic mass is 10.2. The van der Waals surface area contributed by atoms with Crippen molar-refractivity contribution in [2.24, 2.45) is 0 Å². The van der Waals surface area contributed by atoms with Gasteiger partial charge in [0.1, 0.15) is 5.82 Å². The topological polar surface area (TPSA) is 54.9 Å². The molecule has 2 aromatic rings. The lowest BCUT2D eigenvalue weighted by Gasteiger charge is -2.05. The van der Waals surface area contributed by atoms with Crippen molar-refractivity contribution < 1.29 is 9.18 Å². The Morgan fingerprint density at radius 2 is 2.18 bits per heavy atom. The fourth-order valence-corrected chi connectivity index (χ4v) is 1.67. The summed E-state index contributed by atoms with van der Waals surface area (Å²) >= 11 is 3.02. The summed E-state index contributed by atoms with van der Waals surface area (Å²) in [5.41, 5.74) is 0.204. The second kappa shape index (κ2) is 5.01. The van der Waals surface area contributed by atoms with Crippen molar-refractivity contribution >= 4 is 27.7 Å². The molecule has 1 amide bonds. The maximum atomic E-state index is 13.2. The summed E-state index contributed by atoms with van der Waals surface area (Å²) in [6.45, 7) is 0. The Kier molecular flexibility index (Phi) is 3.43. The molecule has 0 saturated heterocycles. The number of benzene rings is 1. The Balaban J connectivity index is 2.24. The van der Waals surface area contributed by atoms with E-state index in [1.165, 1.54) is 36.8 Å². The van der Waals surface area contributed by atoms with Gasteiger partial charge in [-0.15, -0.1) is 0 Å². The second-order valence-electron chi connectivity index (χ2n) is 3.15. The molecule has 0 fully saturated rings. The average Bonchev–Trinajstić information content (AvgIpc) is 2.34. The average molecular weight is 296 g/mol. The van der Waals surface area contributed by atoms with Crippen LogP contribution in [0.15, 0.2) is 41.3 Å². The van der Waals surface area contributed by atoms with Gasteiger partial charge >= 0.3 is 0 Å². The Hall–Kier alpha value is -1.82. The highest BCUT2D eigenvalue weighted by atomic mass is 79.9. The van der Waals surface area contributed by atoms with Crippen LogP contribution in [0.3, 0.4) is 0 Å².